The Morgan fingerprint density at radius 3 is 2.33 bits per heavy atom. The van der Waals surface area contributed by atoms with Crippen LogP contribution in [0.25, 0.3) is 5.69 Å². The molecule has 11 heteroatoms. The summed E-state index contributed by atoms with van der Waals surface area (Å²) in [6, 6.07) is 18.9. The first-order valence-electron chi connectivity index (χ1n) is 13.1. The lowest BCUT2D eigenvalue weighted by molar-refractivity contribution is -0.384. The van der Waals surface area contributed by atoms with Crippen molar-refractivity contribution in [1.29, 1.82) is 0 Å². The highest BCUT2D eigenvalue weighted by Gasteiger charge is 2.45. The molecule has 0 saturated heterocycles. The molecule has 2 aliphatic rings. The number of hydrogen-bond donors (Lipinski definition) is 0. The van der Waals surface area contributed by atoms with Gasteiger partial charge in [0.25, 0.3) is 11.2 Å². The minimum absolute atomic E-state index is 0.0325. The van der Waals surface area contributed by atoms with Crippen LogP contribution >= 0.6 is 23.2 Å². The second-order valence-corrected chi connectivity index (χ2v) is 11.8. The van der Waals surface area contributed by atoms with E-state index in [0.29, 0.717) is 44.8 Å². The second-order valence-electron chi connectivity index (χ2n) is 11.0. The molecule has 0 N–H and O–H groups in total. The van der Waals surface area contributed by atoms with Crippen molar-refractivity contribution in [3.05, 3.63) is 126 Å². The van der Waals surface area contributed by atoms with Crippen molar-refractivity contribution in [3.63, 3.8) is 0 Å². The number of hydrogen-bond acceptors (Lipinski definition) is 7. The van der Waals surface area contributed by atoms with E-state index in [9.17, 15) is 19.7 Å². The minimum atomic E-state index is -0.949. The second kappa shape index (κ2) is 10.4. The fraction of sp³-hybridized carbons (Fsp3) is 0.194. The largest absolute Gasteiger partial charge is 0.442 e. The van der Waals surface area contributed by atoms with Gasteiger partial charge in [-0.3, -0.25) is 19.7 Å². The van der Waals surface area contributed by atoms with Gasteiger partial charge in [0.15, 0.2) is 5.78 Å². The number of nitro groups is 1. The van der Waals surface area contributed by atoms with Gasteiger partial charge >= 0.3 is 6.01 Å². The third kappa shape index (κ3) is 5.06. The van der Waals surface area contributed by atoms with Crippen molar-refractivity contribution in [1.82, 2.24) is 9.55 Å². The first kappa shape index (κ1) is 27.7. The Labute approximate surface area is 250 Å². The van der Waals surface area contributed by atoms with Crippen molar-refractivity contribution < 1.29 is 19.2 Å². The molecule has 42 heavy (non-hydrogen) atoms. The van der Waals surface area contributed by atoms with Crippen LogP contribution in [-0.4, -0.2) is 20.3 Å². The first-order chi connectivity index (χ1) is 20.0. The van der Waals surface area contributed by atoms with Gasteiger partial charge in [-0.2, -0.15) is 4.98 Å². The zero-order chi connectivity index (χ0) is 29.8. The summed E-state index contributed by atoms with van der Waals surface area (Å²) in [5, 5.41) is 12.6. The Hall–Kier alpha value is -4.47. The number of carbonyl (C=O) groups is 1. The van der Waals surface area contributed by atoms with E-state index in [2.05, 4.69) is 4.98 Å². The number of nitrogens with zero attached hydrogens (tertiary/aromatic N) is 3. The summed E-state index contributed by atoms with van der Waals surface area (Å²) in [6.45, 7) is 3.91. The van der Waals surface area contributed by atoms with Crippen molar-refractivity contribution in [2.75, 3.05) is 0 Å². The number of benzene rings is 3. The molecule has 0 fully saturated rings. The van der Waals surface area contributed by atoms with E-state index >= 15 is 0 Å². The quantitative estimate of drug-likeness (QED) is 0.172. The third-order valence-corrected chi connectivity index (χ3v) is 7.75. The molecule has 1 aliphatic carbocycles. The minimum Gasteiger partial charge on any atom is -0.442 e. The highest BCUT2D eigenvalue weighted by Crippen LogP contribution is 2.49. The lowest BCUT2D eigenvalue weighted by Crippen LogP contribution is -2.37. The van der Waals surface area contributed by atoms with E-state index in [0.717, 1.165) is 0 Å². The topological polar surface area (TPSA) is 114 Å². The normalized spacial score (nSPS) is 17.2. The fourth-order valence-corrected chi connectivity index (χ4v) is 5.67. The molecule has 1 unspecified atom stereocenters. The van der Waals surface area contributed by atoms with E-state index in [1.54, 1.807) is 54.6 Å². The summed E-state index contributed by atoms with van der Waals surface area (Å²) in [7, 11) is 0. The Morgan fingerprint density at radius 1 is 1.00 bits per heavy atom. The van der Waals surface area contributed by atoms with Crippen LogP contribution < -0.4 is 15.0 Å². The summed E-state index contributed by atoms with van der Waals surface area (Å²) >= 11 is 12.2. The van der Waals surface area contributed by atoms with Crippen LogP contribution in [0.15, 0.2) is 88.9 Å². The molecule has 0 radical (unpaired) electrons. The molecular formula is C31H23Cl2N3O6. The third-order valence-electron chi connectivity index (χ3n) is 7.25. The molecule has 0 bridgehead atoms. The summed E-state index contributed by atoms with van der Waals surface area (Å²) in [4.78, 5) is 44.0. The molecule has 1 aliphatic heterocycles. The predicted octanol–water partition coefficient (Wildman–Crippen LogP) is 7.41. The maximum atomic E-state index is 14.5. The number of carbonyl (C=O) groups excluding carboxylic acids is 1. The van der Waals surface area contributed by atoms with Gasteiger partial charge in [-0.15, -0.1) is 0 Å². The molecule has 212 valence electrons. The maximum absolute atomic E-state index is 14.5. The number of halogens is 2. The van der Waals surface area contributed by atoms with Gasteiger partial charge in [0.1, 0.15) is 11.5 Å². The number of ether oxygens (including phenoxy) is 2. The highest BCUT2D eigenvalue weighted by molar-refractivity contribution is 6.30. The summed E-state index contributed by atoms with van der Waals surface area (Å²) in [5.41, 5.74) is 0.0455. The SMILES string of the molecule is CC1(C)CC(=O)C2=C(C1)Oc1nc(Oc3ccc(Cl)cc3)n(-c3ccc(Cl)cc3)c(=O)c1C2c1cccc([N+](=O)[O-])c1. The number of Topliss-reactive ketones (excluding diaryl/α,β-unsaturated/α-hetero) is 1. The fourth-order valence-electron chi connectivity index (χ4n) is 5.42. The Morgan fingerprint density at radius 2 is 1.67 bits per heavy atom. The molecule has 9 nitrogen and oxygen atoms in total. The average Bonchev–Trinajstić information content (AvgIpc) is 2.93. The zero-order valence-corrected chi connectivity index (χ0v) is 24.0. The molecule has 1 atom stereocenters. The number of rotatable bonds is 5. The number of allylic oxidation sites excluding steroid dienone is 2. The van der Waals surface area contributed by atoms with Crippen LogP contribution in [0.2, 0.25) is 10.0 Å². The van der Waals surface area contributed by atoms with Crippen LogP contribution in [0.3, 0.4) is 0 Å². The Kier molecular flexibility index (Phi) is 6.87. The standard InChI is InChI=1S/C31H23Cl2N3O6/c1-31(2)15-23(37)26-24(16-31)42-28-27(25(26)17-4-3-5-21(14-17)36(39)40)29(38)35(20-10-6-18(32)7-11-20)30(34-28)41-22-12-8-19(33)9-13-22/h3-14,25H,15-16H2,1-2H3. The van der Waals surface area contributed by atoms with E-state index < -0.39 is 21.8 Å². The average molecular weight is 604 g/mol. The van der Waals surface area contributed by atoms with E-state index in [4.69, 9.17) is 32.7 Å². The van der Waals surface area contributed by atoms with E-state index in [1.807, 2.05) is 13.8 Å². The van der Waals surface area contributed by atoms with Crippen molar-refractivity contribution in [3.8, 4) is 23.3 Å². The molecule has 3 aromatic carbocycles. The maximum Gasteiger partial charge on any atom is 0.312 e. The first-order valence-corrected chi connectivity index (χ1v) is 13.8. The molecule has 4 aromatic rings. The number of non-ortho nitro benzene ring substituents is 1. The molecular weight excluding hydrogens is 581 g/mol. The Bertz CT molecular complexity index is 1850. The van der Waals surface area contributed by atoms with E-state index in [-0.39, 0.29) is 35.3 Å². The molecule has 1 aromatic heterocycles. The van der Waals surface area contributed by atoms with Gasteiger partial charge < -0.3 is 9.47 Å². The van der Waals surface area contributed by atoms with Gasteiger partial charge in [-0.1, -0.05) is 49.2 Å². The molecule has 0 saturated carbocycles. The smallest absolute Gasteiger partial charge is 0.312 e. The summed E-state index contributed by atoms with van der Waals surface area (Å²) in [6.07, 6.45) is 0.640. The lowest BCUT2D eigenvalue weighted by atomic mass is 9.70. The van der Waals surface area contributed by atoms with Gasteiger partial charge in [0, 0.05) is 40.6 Å². The van der Waals surface area contributed by atoms with Crippen LogP contribution in [0.5, 0.6) is 17.6 Å². The van der Waals surface area contributed by atoms with Crippen molar-refractivity contribution in [2.24, 2.45) is 5.41 Å². The van der Waals surface area contributed by atoms with Crippen LogP contribution in [-0.2, 0) is 4.79 Å². The zero-order valence-electron chi connectivity index (χ0n) is 22.5. The molecule has 0 spiro atoms. The van der Waals surface area contributed by atoms with Gasteiger partial charge in [0.05, 0.1) is 22.1 Å². The van der Waals surface area contributed by atoms with Gasteiger partial charge in [0.2, 0.25) is 5.88 Å². The van der Waals surface area contributed by atoms with Crippen LogP contribution in [0.4, 0.5) is 5.69 Å². The highest BCUT2D eigenvalue weighted by atomic mass is 35.5. The molecule has 6 rings (SSSR count). The predicted molar refractivity (Wildman–Crippen MR) is 157 cm³/mol. The number of ketones is 1. The van der Waals surface area contributed by atoms with Gasteiger partial charge in [-0.25, -0.2) is 4.57 Å². The number of fused-ring (bicyclic) bond motifs is 1. The van der Waals surface area contributed by atoms with Crippen LogP contribution in [0, 0.1) is 15.5 Å². The van der Waals surface area contributed by atoms with Crippen molar-refractivity contribution >= 4 is 34.7 Å². The van der Waals surface area contributed by atoms with Crippen LogP contribution in [0.1, 0.15) is 43.7 Å². The number of nitro benzene ring substituents is 1. The van der Waals surface area contributed by atoms with Gasteiger partial charge in [-0.05, 0) is 59.5 Å². The van der Waals surface area contributed by atoms with Crippen molar-refractivity contribution in [2.45, 2.75) is 32.6 Å². The number of aromatic nitrogens is 2. The molecule has 0 amide bonds. The Balaban J connectivity index is 1.63. The summed E-state index contributed by atoms with van der Waals surface area (Å²) < 4.78 is 13.6. The lowest BCUT2D eigenvalue weighted by Gasteiger charge is -2.37. The monoisotopic (exact) mass is 603 g/mol. The molecule has 2 heterocycles. The van der Waals surface area contributed by atoms with E-state index in [1.165, 1.54) is 22.8 Å². The summed E-state index contributed by atoms with van der Waals surface area (Å²) in [5.74, 6) is -0.421.